The second kappa shape index (κ2) is 7.71. The van der Waals surface area contributed by atoms with Gasteiger partial charge >= 0.3 is 0 Å². The maximum absolute atomic E-state index is 3.52. The van der Waals surface area contributed by atoms with Gasteiger partial charge in [-0.1, -0.05) is 42.5 Å². The number of benzene rings is 2. The van der Waals surface area contributed by atoms with E-state index in [-0.39, 0.29) is 0 Å². The standard InChI is InChI=1S/C18H24N2/c1-16-9-6-7-10-17(16)15-19-13-8-14-20(2)18-11-4-3-5-12-18/h3-7,9-12,19H,8,13-15H2,1-2H3. The van der Waals surface area contributed by atoms with Crippen LogP contribution in [-0.2, 0) is 6.54 Å². The Morgan fingerprint density at radius 3 is 2.40 bits per heavy atom. The van der Waals surface area contributed by atoms with Crippen molar-refractivity contribution in [1.29, 1.82) is 0 Å². The lowest BCUT2D eigenvalue weighted by molar-refractivity contribution is 0.644. The monoisotopic (exact) mass is 268 g/mol. The Kier molecular flexibility index (Phi) is 5.63. The number of anilines is 1. The number of para-hydroxylation sites is 1. The molecule has 0 radical (unpaired) electrons. The Labute approximate surface area is 122 Å². The van der Waals surface area contributed by atoms with Crippen LogP contribution in [0.3, 0.4) is 0 Å². The molecular formula is C18H24N2. The number of hydrogen-bond donors (Lipinski definition) is 1. The van der Waals surface area contributed by atoms with Gasteiger partial charge in [-0.15, -0.1) is 0 Å². The van der Waals surface area contributed by atoms with Crippen molar-refractivity contribution >= 4 is 5.69 Å². The third-order valence-corrected chi connectivity index (χ3v) is 3.62. The van der Waals surface area contributed by atoms with Gasteiger partial charge in [-0.3, -0.25) is 0 Å². The van der Waals surface area contributed by atoms with Crippen molar-refractivity contribution in [3.63, 3.8) is 0 Å². The number of aryl methyl sites for hydroxylation is 1. The predicted molar refractivity (Wildman–Crippen MR) is 87.2 cm³/mol. The van der Waals surface area contributed by atoms with Crippen LogP contribution in [0.4, 0.5) is 5.69 Å². The van der Waals surface area contributed by atoms with E-state index >= 15 is 0 Å². The molecule has 0 saturated carbocycles. The fraction of sp³-hybridized carbons (Fsp3) is 0.333. The number of nitrogens with one attached hydrogen (secondary N) is 1. The smallest absolute Gasteiger partial charge is 0.0363 e. The molecule has 0 bridgehead atoms. The zero-order valence-corrected chi connectivity index (χ0v) is 12.5. The van der Waals surface area contributed by atoms with Gasteiger partial charge in [0, 0.05) is 25.8 Å². The molecule has 0 aliphatic rings. The van der Waals surface area contributed by atoms with Crippen molar-refractivity contribution in [1.82, 2.24) is 5.32 Å². The summed E-state index contributed by atoms with van der Waals surface area (Å²) in [6, 6.07) is 19.1. The average molecular weight is 268 g/mol. The summed E-state index contributed by atoms with van der Waals surface area (Å²) in [6.45, 7) is 5.25. The molecule has 2 heteroatoms. The van der Waals surface area contributed by atoms with Crippen LogP contribution in [0.5, 0.6) is 0 Å². The van der Waals surface area contributed by atoms with E-state index in [1.807, 2.05) is 0 Å². The van der Waals surface area contributed by atoms with E-state index in [0.29, 0.717) is 0 Å². The first-order valence-electron chi connectivity index (χ1n) is 7.29. The summed E-state index contributed by atoms with van der Waals surface area (Å²) < 4.78 is 0. The van der Waals surface area contributed by atoms with E-state index in [4.69, 9.17) is 0 Å². The summed E-state index contributed by atoms with van der Waals surface area (Å²) in [5, 5.41) is 3.52. The summed E-state index contributed by atoms with van der Waals surface area (Å²) in [6.07, 6.45) is 1.15. The zero-order chi connectivity index (χ0) is 14.2. The first-order valence-corrected chi connectivity index (χ1v) is 7.29. The van der Waals surface area contributed by atoms with Gasteiger partial charge < -0.3 is 10.2 Å². The van der Waals surface area contributed by atoms with Gasteiger partial charge in [0.2, 0.25) is 0 Å². The Morgan fingerprint density at radius 2 is 1.65 bits per heavy atom. The molecule has 20 heavy (non-hydrogen) atoms. The van der Waals surface area contributed by atoms with Crippen molar-refractivity contribution in [2.24, 2.45) is 0 Å². The van der Waals surface area contributed by atoms with Crippen LogP contribution in [0.2, 0.25) is 0 Å². The highest BCUT2D eigenvalue weighted by Crippen LogP contribution is 2.11. The first-order chi connectivity index (χ1) is 9.77. The van der Waals surface area contributed by atoms with Gasteiger partial charge in [-0.2, -0.15) is 0 Å². The molecule has 0 atom stereocenters. The van der Waals surface area contributed by atoms with E-state index in [1.165, 1.54) is 16.8 Å². The lowest BCUT2D eigenvalue weighted by Gasteiger charge is -2.19. The summed E-state index contributed by atoms with van der Waals surface area (Å²) in [7, 11) is 2.15. The minimum Gasteiger partial charge on any atom is -0.375 e. The summed E-state index contributed by atoms with van der Waals surface area (Å²) in [5.41, 5.74) is 4.04. The fourth-order valence-electron chi connectivity index (χ4n) is 2.28. The molecule has 2 nitrogen and oxygen atoms in total. The lowest BCUT2D eigenvalue weighted by atomic mass is 10.1. The van der Waals surface area contributed by atoms with Crippen LogP contribution < -0.4 is 10.2 Å². The highest BCUT2D eigenvalue weighted by molar-refractivity contribution is 5.44. The van der Waals surface area contributed by atoms with Crippen molar-refractivity contribution in [3.8, 4) is 0 Å². The molecule has 0 amide bonds. The molecular weight excluding hydrogens is 244 g/mol. The largest absolute Gasteiger partial charge is 0.375 e. The highest BCUT2D eigenvalue weighted by Gasteiger charge is 1.99. The van der Waals surface area contributed by atoms with Crippen molar-refractivity contribution < 1.29 is 0 Å². The van der Waals surface area contributed by atoms with Crippen molar-refractivity contribution in [2.45, 2.75) is 19.9 Å². The molecule has 2 aromatic carbocycles. The minimum atomic E-state index is 0.960. The molecule has 0 fully saturated rings. The molecule has 0 aliphatic heterocycles. The zero-order valence-electron chi connectivity index (χ0n) is 12.5. The number of hydrogen-bond acceptors (Lipinski definition) is 2. The van der Waals surface area contributed by atoms with Crippen LogP contribution in [0, 0.1) is 6.92 Å². The molecule has 0 aliphatic carbocycles. The maximum Gasteiger partial charge on any atom is 0.0363 e. The van der Waals surface area contributed by atoms with Gasteiger partial charge in [0.1, 0.15) is 0 Å². The SMILES string of the molecule is Cc1ccccc1CNCCCN(C)c1ccccc1. The van der Waals surface area contributed by atoms with E-state index in [9.17, 15) is 0 Å². The summed E-state index contributed by atoms with van der Waals surface area (Å²) in [5.74, 6) is 0. The van der Waals surface area contributed by atoms with Crippen LogP contribution in [-0.4, -0.2) is 20.1 Å². The molecule has 0 saturated heterocycles. The van der Waals surface area contributed by atoms with E-state index < -0.39 is 0 Å². The molecule has 1 N–H and O–H groups in total. The first kappa shape index (κ1) is 14.6. The molecule has 2 rings (SSSR count). The molecule has 2 aromatic rings. The molecule has 0 unspecified atom stereocenters. The van der Waals surface area contributed by atoms with Crippen LogP contribution in [0.1, 0.15) is 17.5 Å². The van der Waals surface area contributed by atoms with Gasteiger partial charge in [-0.05, 0) is 43.1 Å². The molecule has 0 heterocycles. The highest BCUT2D eigenvalue weighted by atomic mass is 15.1. The van der Waals surface area contributed by atoms with Gasteiger partial charge in [-0.25, -0.2) is 0 Å². The molecule has 0 aromatic heterocycles. The van der Waals surface area contributed by atoms with E-state index in [1.54, 1.807) is 0 Å². The quantitative estimate of drug-likeness (QED) is 0.772. The van der Waals surface area contributed by atoms with E-state index in [0.717, 1.165) is 26.1 Å². The molecule has 0 spiro atoms. The number of rotatable bonds is 7. The van der Waals surface area contributed by atoms with Gasteiger partial charge in [0.15, 0.2) is 0 Å². The third-order valence-electron chi connectivity index (χ3n) is 3.62. The maximum atomic E-state index is 3.52. The van der Waals surface area contributed by atoms with Crippen LogP contribution >= 0.6 is 0 Å². The van der Waals surface area contributed by atoms with Crippen molar-refractivity contribution in [3.05, 3.63) is 65.7 Å². The topological polar surface area (TPSA) is 15.3 Å². The van der Waals surface area contributed by atoms with Gasteiger partial charge in [0.05, 0.1) is 0 Å². The Hall–Kier alpha value is -1.80. The summed E-state index contributed by atoms with van der Waals surface area (Å²) >= 11 is 0. The normalized spacial score (nSPS) is 10.5. The Bertz CT molecular complexity index is 508. The lowest BCUT2D eigenvalue weighted by Crippen LogP contribution is -2.23. The van der Waals surface area contributed by atoms with Gasteiger partial charge in [0.25, 0.3) is 0 Å². The van der Waals surface area contributed by atoms with E-state index in [2.05, 4.69) is 78.8 Å². The Morgan fingerprint density at radius 1 is 0.950 bits per heavy atom. The minimum absolute atomic E-state index is 0.960. The van der Waals surface area contributed by atoms with Crippen LogP contribution in [0.15, 0.2) is 54.6 Å². The fourth-order valence-corrected chi connectivity index (χ4v) is 2.28. The van der Waals surface area contributed by atoms with Crippen LogP contribution in [0.25, 0.3) is 0 Å². The van der Waals surface area contributed by atoms with Crippen molar-refractivity contribution in [2.75, 3.05) is 25.0 Å². The average Bonchev–Trinajstić information content (AvgIpc) is 2.49. The summed E-state index contributed by atoms with van der Waals surface area (Å²) in [4.78, 5) is 2.30. The third kappa shape index (κ3) is 4.39. The predicted octanol–water partition coefficient (Wildman–Crippen LogP) is 3.61. The second-order valence-corrected chi connectivity index (χ2v) is 5.21. The Balaban J connectivity index is 1.66. The number of nitrogens with zero attached hydrogens (tertiary/aromatic N) is 1. The second-order valence-electron chi connectivity index (χ2n) is 5.21. The molecule has 106 valence electrons.